The van der Waals surface area contributed by atoms with E-state index in [1.54, 1.807) is 6.08 Å². The largest absolute Gasteiger partial charge is 0.369 e. The summed E-state index contributed by atoms with van der Waals surface area (Å²) in [6.45, 7) is 11.8. The number of nitrogens with zero attached hydrogens (tertiary/aromatic N) is 4. The Morgan fingerprint density at radius 2 is 1.44 bits per heavy atom. The van der Waals surface area contributed by atoms with Crippen molar-refractivity contribution in [1.29, 1.82) is 0 Å². The highest BCUT2D eigenvalue weighted by molar-refractivity contribution is 5.74. The lowest BCUT2D eigenvalue weighted by Gasteiger charge is -2.37. The van der Waals surface area contributed by atoms with Gasteiger partial charge in [-0.2, -0.15) is 0 Å². The number of benzene rings is 1. The van der Waals surface area contributed by atoms with Crippen molar-refractivity contribution in [2.24, 2.45) is 0 Å². The van der Waals surface area contributed by atoms with E-state index in [9.17, 15) is 4.79 Å². The first kappa shape index (κ1) is 17.6. The lowest BCUT2D eigenvalue weighted by molar-refractivity contribution is 0.195. The Bertz CT molecular complexity index is 572. The molecule has 2 fully saturated rings. The van der Waals surface area contributed by atoms with E-state index in [-0.39, 0.29) is 6.03 Å². The molecule has 0 aromatic heterocycles. The van der Waals surface area contributed by atoms with Crippen LogP contribution in [0.4, 0.5) is 16.2 Å². The molecule has 1 aromatic rings. The molecule has 1 aromatic carbocycles. The van der Waals surface area contributed by atoms with E-state index in [2.05, 4.69) is 57.9 Å². The zero-order valence-electron chi connectivity index (χ0n) is 15.2. The fourth-order valence-corrected chi connectivity index (χ4v) is 3.38. The number of anilines is 2. The quantitative estimate of drug-likeness (QED) is 0.841. The van der Waals surface area contributed by atoms with Crippen molar-refractivity contribution in [2.45, 2.75) is 0 Å². The van der Waals surface area contributed by atoms with Crippen LogP contribution in [0.3, 0.4) is 0 Å². The van der Waals surface area contributed by atoms with Gasteiger partial charge in [0.2, 0.25) is 0 Å². The maximum absolute atomic E-state index is 12.0. The van der Waals surface area contributed by atoms with Crippen LogP contribution in [-0.4, -0.2) is 81.8 Å². The van der Waals surface area contributed by atoms with Gasteiger partial charge < -0.3 is 24.9 Å². The predicted molar refractivity (Wildman–Crippen MR) is 104 cm³/mol. The van der Waals surface area contributed by atoms with Crippen LogP contribution in [0, 0.1) is 0 Å². The van der Waals surface area contributed by atoms with Crippen LogP contribution in [0.5, 0.6) is 0 Å². The molecule has 2 aliphatic heterocycles. The highest BCUT2D eigenvalue weighted by atomic mass is 16.2. The van der Waals surface area contributed by atoms with Crippen molar-refractivity contribution in [3.63, 3.8) is 0 Å². The Morgan fingerprint density at radius 3 is 1.92 bits per heavy atom. The van der Waals surface area contributed by atoms with E-state index >= 15 is 0 Å². The number of piperazine rings is 2. The van der Waals surface area contributed by atoms with Gasteiger partial charge in [-0.15, -0.1) is 6.58 Å². The molecule has 0 spiro atoms. The molecule has 3 rings (SSSR count). The molecule has 2 heterocycles. The second-order valence-corrected chi connectivity index (χ2v) is 6.76. The number of carbonyl (C=O) groups excluding carboxylic acids is 1. The van der Waals surface area contributed by atoms with Crippen molar-refractivity contribution >= 4 is 17.4 Å². The average molecular weight is 343 g/mol. The van der Waals surface area contributed by atoms with Gasteiger partial charge in [0.1, 0.15) is 0 Å². The molecule has 0 bridgehead atoms. The minimum absolute atomic E-state index is 0.00460. The van der Waals surface area contributed by atoms with Crippen LogP contribution in [0.15, 0.2) is 36.9 Å². The van der Waals surface area contributed by atoms with Crippen LogP contribution in [0.2, 0.25) is 0 Å². The van der Waals surface area contributed by atoms with E-state index in [1.165, 1.54) is 11.4 Å². The molecule has 1 N–H and O–H groups in total. The van der Waals surface area contributed by atoms with Crippen LogP contribution < -0.4 is 15.1 Å². The molecule has 0 unspecified atom stereocenters. The third kappa shape index (κ3) is 4.45. The van der Waals surface area contributed by atoms with Gasteiger partial charge in [0.15, 0.2) is 0 Å². The molecule has 0 radical (unpaired) electrons. The number of hydrogen-bond acceptors (Lipinski definition) is 4. The Balaban J connectivity index is 1.52. The molecule has 0 atom stereocenters. The molecule has 0 aliphatic carbocycles. The number of hydrogen-bond donors (Lipinski definition) is 1. The van der Waals surface area contributed by atoms with E-state index in [0.717, 1.165) is 52.4 Å². The highest BCUT2D eigenvalue weighted by Crippen LogP contribution is 2.22. The van der Waals surface area contributed by atoms with Gasteiger partial charge in [0, 0.05) is 70.3 Å². The average Bonchev–Trinajstić information content (AvgIpc) is 2.67. The maximum Gasteiger partial charge on any atom is 0.317 e. The van der Waals surface area contributed by atoms with E-state index < -0.39 is 0 Å². The monoisotopic (exact) mass is 343 g/mol. The lowest BCUT2D eigenvalue weighted by Crippen LogP contribution is -2.51. The molecule has 2 amide bonds. The van der Waals surface area contributed by atoms with Crippen molar-refractivity contribution in [1.82, 2.24) is 15.1 Å². The zero-order chi connectivity index (χ0) is 17.6. The molecular formula is C19H29N5O. The summed E-state index contributed by atoms with van der Waals surface area (Å²) in [5.74, 6) is 0. The smallest absolute Gasteiger partial charge is 0.317 e. The molecular weight excluding hydrogens is 314 g/mol. The molecule has 0 saturated carbocycles. The first-order chi connectivity index (χ1) is 12.2. The Kier molecular flexibility index (Phi) is 5.81. The summed E-state index contributed by atoms with van der Waals surface area (Å²) in [7, 11) is 2.18. The number of likely N-dealkylation sites (N-methyl/N-ethyl adjacent to an activating group) is 1. The Hall–Kier alpha value is -2.21. The van der Waals surface area contributed by atoms with E-state index in [4.69, 9.17) is 0 Å². The normalized spacial score (nSPS) is 19.0. The van der Waals surface area contributed by atoms with Gasteiger partial charge in [0.25, 0.3) is 0 Å². The van der Waals surface area contributed by atoms with Crippen molar-refractivity contribution in [2.75, 3.05) is 75.8 Å². The molecule has 6 nitrogen and oxygen atoms in total. The Morgan fingerprint density at radius 1 is 0.960 bits per heavy atom. The molecule has 6 heteroatoms. The van der Waals surface area contributed by atoms with Crippen LogP contribution in [0.1, 0.15) is 0 Å². The van der Waals surface area contributed by atoms with Gasteiger partial charge >= 0.3 is 6.03 Å². The first-order valence-electron chi connectivity index (χ1n) is 9.09. The zero-order valence-corrected chi connectivity index (χ0v) is 15.2. The second kappa shape index (κ2) is 8.25. The number of carbonyl (C=O) groups is 1. The van der Waals surface area contributed by atoms with Crippen molar-refractivity contribution < 1.29 is 4.79 Å². The second-order valence-electron chi connectivity index (χ2n) is 6.76. The molecule has 25 heavy (non-hydrogen) atoms. The highest BCUT2D eigenvalue weighted by Gasteiger charge is 2.21. The van der Waals surface area contributed by atoms with Gasteiger partial charge in [-0.3, -0.25) is 0 Å². The summed E-state index contributed by atoms with van der Waals surface area (Å²) in [5.41, 5.74) is 2.54. The van der Waals surface area contributed by atoms with Crippen molar-refractivity contribution in [3.05, 3.63) is 36.9 Å². The third-order valence-electron chi connectivity index (χ3n) is 5.05. The van der Waals surface area contributed by atoms with Crippen LogP contribution >= 0.6 is 0 Å². The summed E-state index contributed by atoms with van der Waals surface area (Å²) in [4.78, 5) is 21.0. The SMILES string of the molecule is C=CCNC(=O)N1CCN(c2ccc(N3CCN(C)CC3)cc2)CC1. The topological polar surface area (TPSA) is 42.1 Å². The maximum atomic E-state index is 12.0. The van der Waals surface area contributed by atoms with E-state index in [0.29, 0.717) is 6.54 Å². The molecule has 136 valence electrons. The predicted octanol–water partition coefficient (Wildman–Crippen LogP) is 1.46. The first-order valence-corrected chi connectivity index (χ1v) is 9.09. The summed E-state index contributed by atoms with van der Waals surface area (Å²) in [6.07, 6.45) is 1.70. The minimum atomic E-state index is 0.00460. The van der Waals surface area contributed by atoms with Gasteiger partial charge in [-0.1, -0.05) is 6.08 Å². The molecule has 2 saturated heterocycles. The van der Waals surface area contributed by atoms with Crippen LogP contribution in [0.25, 0.3) is 0 Å². The lowest BCUT2D eigenvalue weighted by atomic mass is 10.2. The van der Waals surface area contributed by atoms with E-state index in [1.807, 2.05) is 4.90 Å². The molecule has 2 aliphatic rings. The fraction of sp³-hybridized carbons (Fsp3) is 0.526. The number of urea groups is 1. The third-order valence-corrected chi connectivity index (χ3v) is 5.05. The Labute approximate surface area is 150 Å². The van der Waals surface area contributed by atoms with Gasteiger partial charge in [-0.05, 0) is 31.3 Å². The summed E-state index contributed by atoms with van der Waals surface area (Å²) >= 11 is 0. The minimum Gasteiger partial charge on any atom is -0.369 e. The van der Waals surface area contributed by atoms with Gasteiger partial charge in [-0.25, -0.2) is 4.79 Å². The standard InChI is InChI=1S/C19H29N5O/c1-3-8-20-19(25)24-15-13-23(14-16-24)18-6-4-17(5-7-18)22-11-9-21(2)10-12-22/h3-7H,1,8-16H2,2H3,(H,20,25). The number of nitrogens with one attached hydrogen (secondary N) is 1. The number of rotatable bonds is 4. The number of amides is 2. The van der Waals surface area contributed by atoms with Crippen molar-refractivity contribution in [3.8, 4) is 0 Å². The van der Waals surface area contributed by atoms with Crippen LogP contribution in [-0.2, 0) is 0 Å². The van der Waals surface area contributed by atoms with Gasteiger partial charge in [0.05, 0.1) is 0 Å². The fourth-order valence-electron chi connectivity index (χ4n) is 3.38. The summed E-state index contributed by atoms with van der Waals surface area (Å²) < 4.78 is 0. The summed E-state index contributed by atoms with van der Waals surface area (Å²) in [6, 6.07) is 8.88. The summed E-state index contributed by atoms with van der Waals surface area (Å²) in [5, 5.41) is 2.85.